The molecule has 0 unspecified atom stereocenters. The molecule has 1 saturated carbocycles. The summed E-state index contributed by atoms with van der Waals surface area (Å²) in [6.07, 6.45) is 9.31. The molecular weight excluding hydrogens is 378 g/mol. The number of hydrogen-bond acceptors (Lipinski definition) is 2. The Morgan fingerprint density at radius 2 is 1.71 bits per heavy atom. The van der Waals surface area contributed by atoms with Crippen molar-refractivity contribution in [2.75, 3.05) is 0 Å². The van der Waals surface area contributed by atoms with Crippen molar-refractivity contribution in [2.24, 2.45) is 7.05 Å². The van der Waals surface area contributed by atoms with Crippen molar-refractivity contribution in [3.63, 3.8) is 0 Å². The molecule has 1 fully saturated rings. The number of rotatable bonds is 3. The van der Waals surface area contributed by atoms with Gasteiger partial charge in [-0.3, -0.25) is 4.98 Å². The zero-order valence-corrected chi connectivity index (χ0v) is 18.9. The third kappa shape index (κ3) is 3.52. The van der Waals surface area contributed by atoms with Gasteiger partial charge in [0.15, 0.2) is 5.52 Å². The van der Waals surface area contributed by atoms with Crippen molar-refractivity contribution in [3.05, 3.63) is 77.2 Å². The van der Waals surface area contributed by atoms with Crippen molar-refractivity contribution in [2.45, 2.75) is 52.4 Å². The predicted octanol–water partition coefficient (Wildman–Crippen LogP) is 6.37. The Morgan fingerprint density at radius 1 is 0.903 bits per heavy atom. The monoisotopic (exact) mass is 408 g/mol. The predicted molar refractivity (Wildman–Crippen MR) is 127 cm³/mol. The summed E-state index contributed by atoms with van der Waals surface area (Å²) in [6.45, 7) is 6.57. The van der Waals surface area contributed by atoms with Crippen molar-refractivity contribution in [1.29, 1.82) is 0 Å². The van der Waals surface area contributed by atoms with Crippen LogP contribution in [0.15, 0.2) is 55.0 Å². The van der Waals surface area contributed by atoms with Gasteiger partial charge in [0.25, 0.3) is 6.33 Å². The van der Waals surface area contributed by atoms with Gasteiger partial charge in [0.1, 0.15) is 5.69 Å². The normalized spacial score (nSPS) is 14.5. The summed E-state index contributed by atoms with van der Waals surface area (Å²) in [5, 5.41) is 1.16. The van der Waals surface area contributed by atoms with Gasteiger partial charge in [0.05, 0.1) is 23.7 Å². The third-order valence-corrected chi connectivity index (χ3v) is 6.96. The smallest absolute Gasteiger partial charge is 0.256 e. The molecule has 2 aromatic heterocycles. The maximum Gasteiger partial charge on any atom is 0.287 e. The fourth-order valence-electron chi connectivity index (χ4n) is 5.16. The van der Waals surface area contributed by atoms with E-state index in [-0.39, 0.29) is 0 Å². The number of aryl methyl sites for hydroxylation is 3. The molecule has 4 aromatic rings. The average Bonchev–Trinajstić information content (AvgIpc) is 3.31. The Morgan fingerprint density at radius 3 is 2.45 bits per heavy atom. The third-order valence-electron chi connectivity index (χ3n) is 6.96. The second kappa shape index (κ2) is 7.88. The highest BCUT2D eigenvalue weighted by atomic mass is 15.0. The molecule has 3 heteroatoms. The van der Waals surface area contributed by atoms with Crippen LogP contribution in [0.4, 0.5) is 0 Å². The minimum absolute atomic E-state index is 0.686. The van der Waals surface area contributed by atoms with Crippen molar-refractivity contribution < 1.29 is 4.57 Å². The molecule has 3 nitrogen and oxygen atoms in total. The van der Waals surface area contributed by atoms with Gasteiger partial charge in [0, 0.05) is 11.8 Å². The van der Waals surface area contributed by atoms with E-state index in [0.29, 0.717) is 5.92 Å². The molecule has 2 aromatic carbocycles. The second-order valence-electron chi connectivity index (χ2n) is 9.12. The summed E-state index contributed by atoms with van der Waals surface area (Å²) in [5.74, 6) is 0.686. The van der Waals surface area contributed by atoms with Gasteiger partial charge in [-0.05, 0) is 85.5 Å². The average molecular weight is 409 g/mol. The molecule has 0 radical (unpaired) electrons. The molecule has 1 aliphatic rings. The topological polar surface area (TPSA) is 29.7 Å². The number of aromatic nitrogens is 3. The highest BCUT2D eigenvalue weighted by molar-refractivity contribution is 5.99. The lowest BCUT2D eigenvalue weighted by Crippen LogP contribution is -2.32. The molecule has 0 saturated heterocycles. The summed E-state index contributed by atoms with van der Waals surface area (Å²) >= 11 is 0. The van der Waals surface area contributed by atoms with E-state index in [1.165, 1.54) is 59.2 Å². The molecule has 0 bridgehead atoms. The quantitative estimate of drug-likeness (QED) is 0.369. The number of fused-ring (bicyclic) bond motifs is 1. The van der Waals surface area contributed by atoms with E-state index in [0.717, 1.165) is 22.2 Å². The number of hydrogen-bond donors (Lipinski definition) is 0. The lowest BCUT2D eigenvalue weighted by molar-refractivity contribution is -0.662. The van der Waals surface area contributed by atoms with Gasteiger partial charge in [-0.2, -0.15) is 0 Å². The molecular formula is C28H30N3+. The molecule has 1 aliphatic carbocycles. The number of benzene rings is 2. The Bertz CT molecular complexity index is 1270. The lowest BCUT2D eigenvalue weighted by Gasteiger charge is -2.13. The van der Waals surface area contributed by atoms with E-state index in [2.05, 4.69) is 81.0 Å². The van der Waals surface area contributed by atoms with Crippen LogP contribution in [-0.2, 0) is 7.05 Å². The van der Waals surface area contributed by atoms with Crippen LogP contribution in [0.5, 0.6) is 0 Å². The highest BCUT2D eigenvalue weighted by Crippen LogP contribution is 2.36. The fraction of sp³-hybridized carbons (Fsp3) is 0.321. The van der Waals surface area contributed by atoms with E-state index >= 15 is 0 Å². The van der Waals surface area contributed by atoms with Gasteiger partial charge >= 0.3 is 0 Å². The SMILES string of the molecule is Cc1cc(C)c(C)c(-c2c3cccc(-c4ccc(C5CCCC5)cn4)c3nc[n+]2C)c1. The van der Waals surface area contributed by atoms with Crippen LogP contribution in [0.2, 0.25) is 0 Å². The van der Waals surface area contributed by atoms with Crippen LogP contribution >= 0.6 is 0 Å². The minimum Gasteiger partial charge on any atom is -0.256 e. The van der Waals surface area contributed by atoms with E-state index in [1.54, 1.807) is 0 Å². The summed E-state index contributed by atoms with van der Waals surface area (Å²) in [4.78, 5) is 9.71. The van der Waals surface area contributed by atoms with Crippen LogP contribution < -0.4 is 4.57 Å². The van der Waals surface area contributed by atoms with Crippen LogP contribution in [0.3, 0.4) is 0 Å². The minimum atomic E-state index is 0.686. The first kappa shape index (κ1) is 19.9. The first-order chi connectivity index (χ1) is 15.0. The van der Waals surface area contributed by atoms with Crippen LogP contribution in [-0.4, -0.2) is 9.97 Å². The number of pyridine rings is 1. The van der Waals surface area contributed by atoms with Gasteiger partial charge in [-0.15, -0.1) is 0 Å². The highest BCUT2D eigenvalue weighted by Gasteiger charge is 2.21. The largest absolute Gasteiger partial charge is 0.287 e. The van der Waals surface area contributed by atoms with Crippen LogP contribution in [0.1, 0.15) is 53.9 Å². The Balaban J connectivity index is 1.67. The Hall–Kier alpha value is -3.07. The first-order valence-electron chi connectivity index (χ1n) is 11.3. The molecule has 31 heavy (non-hydrogen) atoms. The molecule has 0 spiro atoms. The van der Waals surface area contributed by atoms with E-state index in [9.17, 15) is 0 Å². The number of para-hydroxylation sites is 1. The molecule has 2 heterocycles. The maximum absolute atomic E-state index is 4.87. The van der Waals surface area contributed by atoms with Gasteiger partial charge in [0.2, 0.25) is 0 Å². The number of nitrogens with zero attached hydrogens (tertiary/aromatic N) is 3. The summed E-state index contributed by atoms with van der Waals surface area (Å²) in [5.41, 5.74) is 10.9. The zero-order valence-electron chi connectivity index (χ0n) is 18.9. The molecule has 156 valence electrons. The van der Waals surface area contributed by atoms with Gasteiger partial charge < -0.3 is 0 Å². The molecule has 5 rings (SSSR count). The first-order valence-corrected chi connectivity index (χ1v) is 11.3. The molecule has 0 aliphatic heterocycles. The summed E-state index contributed by atoms with van der Waals surface area (Å²) in [7, 11) is 2.08. The van der Waals surface area contributed by atoms with Gasteiger partial charge in [-0.25, -0.2) is 4.57 Å². The molecule has 0 N–H and O–H groups in total. The Kier molecular flexibility index (Phi) is 5.05. The molecule has 0 atom stereocenters. The molecule has 0 amide bonds. The maximum atomic E-state index is 4.87. The Labute approximate surface area is 184 Å². The van der Waals surface area contributed by atoms with Crippen LogP contribution in [0.25, 0.3) is 33.4 Å². The van der Waals surface area contributed by atoms with E-state index in [4.69, 9.17) is 9.97 Å². The van der Waals surface area contributed by atoms with Crippen LogP contribution in [0, 0.1) is 20.8 Å². The zero-order chi connectivity index (χ0) is 21.5. The summed E-state index contributed by atoms with van der Waals surface area (Å²) in [6, 6.07) is 15.5. The standard InChI is InChI=1S/C28H30N3/c1-18-14-19(2)20(3)25(15-18)28-24-11-7-10-23(27(24)30-17-31(28)4)26-13-12-22(16-29-26)21-8-5-6-9-21/h7,10-17,21H,5-6,8-9H2,1-4H3/q+1. The van der Waals surface area contributed by atoms with Crippen molar-refractivity contribution >= 4 is 10.9 Å². The lowest BCUT2D eigenvalue weighted by atomic mass is 9.94. The van der Waals surface area contributed by atoms with E-state index < -0.39 is 0 Å². The van der Waals surface area contributed by atoms with Crippen molar-refractivity contribution in [3.8, 4) is 22.5 Å². The van der Waals surface area contributed by atoms with Crippen molar-refractivity contribution in [1.82, 2.24) is 9.97 Å². The second-order valence-corrected chi connectivity index (χ2v) is 9.12. The van der Waals surface area contributed by atoms with Gasteiger partial charge in [-0.1, -0.05) is 36.6 Å². The summed E-state index contributed by atoms with van der Waals surface area (Å²) < 4.78 is 2.14. The fourth-order valence-corrected chi connectivity index (χ4v) is 5.16. The van der Waals surface area contributed by atoms with E-state index in [1.807, 2.05) is 6.33 Å².